The van der Waals surface area contributed by atoms with E-state index in [2.05, 4.69) is 16.5 Å². The highest BCUT2D eigenvalue weighted by Gasteiger charge is 2.09. The first-order valence-corrected chi connectivity index (χ1v) is 7.04. The molecule has 0 unspecified atom stereocenters. The van der Waals surface area contributed by atoms with Gasteiger partial charge in [-0.15, -0.1) is 0 Å². The Morgan fingerprint density at radius 2 is 2.14 bits per heavy atom. The summed E-state index contributed by atoms with van der Waals surface area (Å²) in [4.78, 5) is 12.0. The summed E-state index contributed by atoms with van der Waals surface area (Å²) in [5, 5.41) is 15.7. The lowest BCUT2D eigenvalue weighted by molar-refractivity contribution is -0.116. The highest BCUT2D eigenvalue weighted by atomic mass is 19.1. The first-order chi connectivity index (χ1) is 10.6. The van der Waals surface area contributed by atoms with E-state index in [0.717, 1.165) is 11.3 Å². The van der Waals surface area contributed by atoms with Crippen LogP contribution in [0.25, 0.3) is 0 Å². The van der Waals surface area contributed by atoms with Gasteiger partial charge in [-0.1, -0.05) is 12.1 Å². The second kappa shape index (κ2) is 7.36. The van der Waals surface area contributed by atoms with Crippen LogP contribution in [-0.4, -0.2) is 15.7 Å². The first kappa shape index (κ1) is 15.7. The Hall–Kier alpha value is -2.68. The number of halogens is 1. The van der Waals surface area contributed by atoms with Gasteiger partial charge in [0.1, 0.15) is 11.6 Å². The fourth-order valence-electron chi connectivity index (χ4n) is 2.09. The molecule has 0 radical (unpaired) electrons. The summed E-state index contributed by atoms with van der Waals surface area (Å²) in [6.07, 6.45) is 1.17. The van der Waals surface area contributed by atoms with Gasteiger partial charge in [0.05, 0.1) is 24.7 Å². The van der Waals surface area contributed by atoms with Crippen molar-refractivity contribution in [1.82, 2.24) is 9.78 Å². The normalized spacial score (nSPS) is 10.2. The van der Waals surface area contributed by atoms with Gasteiger partial charge in [-0.3, -0.25) is 4.79 Å². The number of aromatic nitrogens is 2. The molecule has 0 saturated heterocycles. The molecule has 0 spiro atoms. The van der Waals surface area contributed by atoms with Crippen LogP contribution in [0, 0.1) is 24.1 Å². The number of carbonyl (C=O) groups is 1. The summed E-state index contributed by atoms with van der Waals surface area (Å²) in [5.41, 5.74) is 1.69. The molecule has 1 N–H and O–H groups in total. The number of nitrogens with zero attached hydrogens (tertiary/aromatic N) is 3. The minimum absolute atomic E-state index is 0.137. The molecule has 5 nitrogen and oxygen atoms in total. The van der Waals surface area contributed by atoms with Gasteiger partial charge in [0, 0.05) is 12.5 Å². The molecule has 6 heteroatoms. The van der Waals surface area contributed by atoms with Crippen LogP contribution in [-0.2, 0) is 17.8 Å². The number of aryl methyl sites for hydroxylation is 3. The zero-order valence-corrected chi connectivity index (χ0v) is 12.3. The molecule has 0 aliphatic rings. The maximum absolute atomic E-state index is 12.8. The van der Waals surface area contributed by atoms with Crippen LogP contribution in [0.3, 0.4) is 0 Å². The van der Waals surface area contributed by atoms with E-state index in [-0.39, 0.29) is 11.7 Å². The Bertz CT molecular complexity index is 685. The van der Waals surface area contributed by atoms with Crippen LogP contribution in [0.1, 0.15) is 24.1 Å². The number of hydrogen-bond acceptors (Lipinski definition) is 3. The quantitative estimate of drug-likeness (QED) is 0.891. The third kappa shape index (κ3) is 4.42. The Morgan fingerprint density at radius 1 is 1.41 bits per heavy atom. The van der Waals surface area contributed by atoms with Gasteiger partial charge in [0.2, 0.25) is 5.91 Å². The largest absolute Gasteiger partial charge is 0.311 e. The third-order valence-electron chi connectivity index (χ3n) is 3.16. The molecule has 0 aliphatic heterocycles. The fraction of sp³-hybridized carbons (Fsp3) is 0.312. The van der Waals surface area contributed by atoms with Gasteiger partial charge in [-0.2, -0.15) is 10.4 Å². The molecule has 114 valence electrons. The van der Waals surface area contributed by atoms with E-state index >= 15 is 0 Å². The summed E-state index contributed by atoms with van der Waals surface area (Å²) in [5.74, 6) is 0.171. The van der Waals surface area contributed by atoms with Crippen molar-refractivity contribution < 1.29 is 9.18 Å². The molecular weight excluding hydrogens is 283 g/mol. The number of anilines is 1. The Labute approximate surface area is 128 Å². The highest BCUT2D eigenvalue weighted by molar-refractivity contribution is 5.90. The van der Waals surface area contributed by atoms with Crippen molar-refractivity contribution in [2.75, 3.05) is 5.32 Å². The van der Waals surface area contributed by atoms with Gasteiger partial charge < -0.3 is 5.32 Å². The van der Waals surface area contributed by atoms with Gasteiger partial charge >= 0.3 is 0 Å². The Kier molecular flexibility index (Phi) is 5.26. The van der Waals surface area contributed by atoms with E-state index in [4.69, 9.17) is 5.26 Å². The number of rotatable bonds is 6. The number of carbonyl (C=O) groups excluding carboxylic acids is 1. The van der Waals surface area contributed by atoms with E-state index in [9.17, 15) is 9.18 Å². The Balaban J connectivity index is 1.91. The maximum atomic E-state index is 12.8. The van der Waals surface area contributed by atoms with Crippen LogP contribution in [0.15, 0.2) is 30.3 Å². The van der Waals surface area contributed by atoms with Crippen LogP contribution in [0.4, 0.5) is 10.2 Å². The first-order valence-electron chi connectivity index (χ1n) is 7.04. The van der Waals surface area contributed by atoms with E-state index in [1.54, 1.807) is 22.9 Å². The molecular formula is C16H17FN4O. The number of benzene rings is 1. The van der Waals surface area contributed by atoms with Crippen LogP contribution < -0.4 is 5.32 Å². The molecule has 1 aromatic heterocycles. The summed E-state index contributed by atoms with van der Waals surface area (Å²) >= 11 is 0. The summed E-state index contributed by atoms with van der Waals surface area (Å²) < 4.78 is 14.4. The molecule has 2 rings (SSSR count). The monoisotopic (exact) mass is 300 g/mol. The third-order valence-corrected chi connectivity index (χ3v) is 3.16. The average Bonchev–Trinajstić information content (AvgIpc) is 2.84. The molecule has 0 saturated carbocycles. The summed E-state index contributed by atoms with van der Waals surface area (Å²) in [6, 6.07) is 9.93. The lowest BCUT2D eigenvalue weighted by Gasteiger charge is -2.07. The number of hydrogen-bond donors (Lipinski definition) is 1. The molecule has 0 fully saturated rings. The fourth-order valence-corrected chi connectivity index (χ4v) is 2.09. The van der Waals surface area contributed by atoms with Crippen molar-refractivity contribution in [3.63, 3.8) is 0 Å². The molecule has 2 aromatic rings. The van der Waals surface area contributed by atoms with Crippen molar-refractivity contribution in [2.45, 2.75) is 32.7 Å². The van der Waals surface area contributed by atoms with Gasteiger partial charge in [-0.05, 0) is 31.0 Å². The van der Waals surface area contributed by atoms with E-state index < -0.39 is 0 Å². The molecule has 0 aliphatic carbocycles. The van der Waals surface area contributed by atoms with Crippen LogP contribution >= 0.6 is 0 Å². The smallest absolute Gasteiger partial charge is 0.225 e. The van der Waals surface area contributed by atoms with E-state index in [0.29, 0.717) is 31.6 Å². The second-order valence-corrected chi connectivity index (χ2v) is 4.98. The lowest BCUT2D eigenvalue weighted by atomic mass is 10.1. The molecule has 22 heavy (non-hydrogen) atoms. The minimum atomic E-state index is -0.287. The van der Waals surface area contributed by atoms with Crippen molar-refractivity contribution in [3.8, 4) is 6.07 Å². The maximum Gasteiger partial charge on any atom is 0.225 e. The SMILES string of the molecule is Cc1cc(NC(=O)CCc2ccc(F)cc2)n(CCC#N)n1. The van der Waals surface area contributed by atoms with E-state index in [1.165, 1.54) is 12.1 Å². The zero-order valence-electron chi connectivity index (χ0n) is 12.3. The van der Waals surface area contributed by atoms with Crippen molar-refractivity contribution in [2.24, 2.45) is 0 Å². The van der Waals surface area contributed by atoms with E-state index in [1.807, 2.05) is 6.92 Å². The van der Waals surface area contributed by atoms with Crippen molar-refractivity contribution >= 4 is 11.7 Å². The van der Waals surface area contributed by atoms with Gasteiger partial charge in [0.25, 0.3) is 0 Å². The molecule has 1 amide bonds. The lowest BCUT2D eigenvalue weighted by Crippen LogP contribution is -2.16. The molecule has 0 bridgehead atoms. The predicted octanol–water partition coefficient (Wildman–Crippen LogP) is 2.82. The number of nitriles is 1. The summed E-state index contributed by atoms with van der Waals surface area (Å²) in [7, 11) is 0. The van der Waals surface area contributed by atoms with Crippen LogP contribution in [0.2, 0.25) is 0 Å². The zero-order chi connectivity index (χ0) is 15.9. The number of nitrogens with one attached hydrogen (secondary N) is 1. The molecule has 0 atom stereocenters. The second-order valence-electron chi connectivity index (χ2n) is 4.98. The van der Waals surface area contributed by atoms with Crippen molar-refractivity contribution in [3.05, 3.63) is 47.4 Å². The molecule has 1 aromatic carbocycles. The van der Waals surface area contributed by atoms with Crippen molar-refractivity contribution in [1.29, 1.82) is 5.26 Å². The minimum Gasteiger partial charge on any atom is -0.311 e. The average molecular weight is 300 g/mol. The molecule has 1 heterocycles. The standard InChI is InChI=1S/C16H17FN4O/c1-12-11-15(21(20-12)10-2-9-18)19-16(22)8-5-13-3-6-14(17)7-4-13/h3-4,6-7,11H,2,5,8,10H2,1H3,(H,19,22). The van der Waals surface area contributed by atoms with Crippen LogP contribution in [0.5, 0.6) is 0 Å². The number of amides is 1. The van der Waals surface area contributed by atoms with Gasteiger partial charge in [-0.25, -0.2) is 9.07 Å². The van der Waals surface area contributed by atoms with Gasteiger partial charge in [0.15, 0.2) is 0 Å². The highest BCUT2D eigenvalue weighted by Crippen LogP contribution is 2.12. The predicted molar refractivity (Wildman–Crippen MR) is 80.5 cm³/mol. The topological polar surface area (TPSA) is 70.7 Å². The Morgan fingerprint density at radius 3 is 2.82 bits per heavy atom. The summed E-state index contributed by atoms with van der Waals surface area (Å²) in [6.45, 7) is 2.27.